The Labute approximate surface area is 221 Å². The van der Waals surface area contributed by atoms with Crippen LogP contribution in [0.15, 0.2) is 11.6 Å². The Hall–Kier alpha value is -2.39. The second-order valence-corrected chi connectivity index (χ2v) is 14.1. The second-order valence-electron chi connectivity index (χ2n) is 14.1. The molecule has 4 saturated heterocycles. The van der Waals surface area contributed by atoms with Crippen LogP contribution < -0.4 is 0 Å². The SMILES string of the molecule is CC1=CC(=O)[C@H]2CC(=O)[C@H]3[C@@](C)(C(=O)[C@@]45OC(=O)C[C@]3(C)[C@]4(C)CCC34C[C@@H](C)C[C@@](O)(O3)C(=O)N45)[C@@H]2C1. The predicted octanol–water partition coefficient (Wildman–Crippen LogP) is 2.44. The summed E-state index contributed by atoms with van der Waals surface area (Å²) < 4.78 is 12.3. The van der Waals surface area contributed by atoms with E-state index in [1.54, 1.807) is 13.0 Å². The van der Waals surface area contributed by atoms with E-state index < -0.39 is 68.9 Å². The molecule has 204 valence electrons. The number of amides is 1. The van der Waals surface area contributed by atoms with E-state index in [1.165, 1.54) is 4.90 Å². The molecule has 9 nitrogen and oxygen atoms in total. The van der Waals surface area contributed by atoms with Gasteiger partial charge in [-0.25, -0.2) is 0 Å². The molecule has 1 spiro atoms. The highest BCUT2D eigenvalue weighted by Crippen LogP contribution is 2.76. The van der Waals surface area contributed by atoms with Crippen LogP contribution in [0.4, 0.5) is 0 Å². The summed E-state index contributed by atoms with van der Waals surface area (Å²) >= 11 is 0. The monoisotopic (exact) mass is 525 g/mol. The molecule has 0 aromatic heterocycles. The van der Waals surface area contributed by atoms with Crippen LogP contribution >= 0.6 is 0 Å². The van der Waals surface area contributed by atoms with Gasteiger partial charge in [0, 0.05) is 40.9 Å². The van der Waals surface area contributed by atoms with Crippen LogP contribution in [0.5, 0.6) is 0 Å². The maximum atomic E-state index is 15.3. The molecule has 1 N–H and O–H groups in total. The molecule has 10 atom stereocenters. The van der Waals surface area contributed by atoms with Gasteiger partial charge in [-0.3, -0.25) is 28.9 Å². The number of rotatable bonds is 0. The van der Waals surface area contributed by atoms with Crippen molar-refractivity contribution in [3.8, 4) is 0 Å². The molecular formula is C29H35NO8. The zero-order chi connectivity index (χ0) is 27.4. The van der Waals surface area contributed by atoms with Gasteiger partial charge in [-0.1, -0.05) is 33.3 Å². The first-order chi connectivity index (χ1) is 17.6. The third kappa shape index (κ3) is 2.30. The zero-order valence-electron chi connectivity index (χ0n) is 22.6. The van der Waals surface area contributed by atoms with Gasteiger partial charge in [0.15, 0.2) is 11.5 Å². The van der Waals surface area contributed by atoms with Crippen molar-refractivity contribution in [3.05, 3.63) is 11.6 Å². The van der Waals surface area contributed by atoms with Gasteiger partial charge >= 0.3 is 5.97 Å². The number of nitrogens with zero attached hydrogens (tertiary/aromatic N) is 1. The number of ether oxygens (including phenoxy) is 2. The highest BCUT2D eigenvalue weighted by molar-refractivity contribution is 6.08. The Morgan fingerprint density at radius 1 is 1.03 bits per heavy atom. The highest BCUT2D eigenvalue weighted by Gasteiger charge is 2.88. The Morgan fingerprint density at radius 3 is 2.45 bits per heavy atom. The minimum Gasteiger partial charge on any atom is -0.430 e. The molecular weight excluding hydrogens is 490 g/mol. The van der Waals surface area contributed by atoms with E-state index >= 15 is 4.79 Å². The fourth-order valence-electron chi connectivity index (χ4n) is 10.6. The molecule has 1 unspecified atom stereocenters. The number of allylic oxidation sites excluding steroid dienone is 2. The summed E-state index contributed by atoms with van der Waals surface area (Å²) in [7, 11) is 0. The van der Waals surface area contributed by atoms with Crippen LogP contribution in [0.1, 0.15) is 79.6 Å². The average molecular weight is 526 g/mol. The van der Waals surface area contributed by atoms with Gasteiger partial charge in [0.25, 0.3) is 11.6 Å². The minimum atomic E-state index is -2.11. The molecule has 1 amide bonds. The van der Waals surface area contributed by atoms with E-state index in [-0.39, 0.29) is 36.7 Å². The molecule has 4 bridgehead atoms. The lowest BCUT2D eigenvalue weighted by molar-refractivity contribution is -0.356. The quantitative estimate of drug-likeness (QED) is 0.478. The Balaban J connectivity index is 1.52. The maximum Gasteiger partial charge on any atom is 0.308 e. The van der Waals surface area contributed by atoms with Gasteiger partial charge in [-0.15, -0.1) is 0 Å². The fraction of sp³-hybridized carbons (Fsp3) is 0.759. The van der Waals surface area contributed by atoms with Crippen molar-refractivity contribution in [1.82, 2.24) is 4.90 Å². The number of hydrogen-bond acceptors (Lipinski definition) is 8. The molecule has 9 heteroatoms. The molecule has 6 fully saturated rings. The van der Waals surface area contributed by atoms with Gasteiger partial charge in [-0.2, -0.15) is 0 Å². The van der Waals surface area contributed by atoms with Crippen molar-refractivity contribution in [2.45, 2.75) is 96.8 Å². The summed E-state index contributed by atoms with van der Waals surface area (Å²) in [4.78, 5) is 71.4. The van der Waals surface area contributed by atoms with Gasteiger partial charge < -0.3 is 14.6 Å². The summed E-state index contributed by atoms with van der Waals surface area (Å²) in [5.41, 5.74) is -5.97. The van der Waals surface area contributed by atoms with Crippen LogP contribution in [0.2, 0.25) is 0 Å². The molecule has 0 aromatic carbocycles. The largest absolute Gasteiger partial charge is 0.430 e. The van der Waals surface area contributed by atoms with Gasteiger partial charge in [-0.05, 0) is 50.5 Å². The molecule has 4 aliphatic heterocycles. The smallest absolute Gasteiger partial charge is 0.308 e. The Bertz CT molecular complexity index is 1310. The number of carbonyl (C=O) groups is 5. The van der Waals surface area contributed by atoms with Crippen molar-refractivity contribution < 1.29 is 38.6 Å². The summed E-state index contributed by atoms with van der Waals surface area (Å²) in [5, 5.41) is 11.4. The van der Waals surface area contributed by atoms with E-state index in [2.05, 4.69) is 0 Å². The number of aliphatic hydroxyl groups is 1. The van der Waals surface area contributed by atoms with E-state index in [1.807, 2.05) is 27.7 Å². The fourth-order valence-corrected chi connectivity index (χ4v) is 10.6. The molecule has 4 heterocycles. The van der Waals surface area contributed by atoms with Crippen LogP contribution in [-0.2, 0) is 33.4 Å². The summed E-state index contributed by atoms with van der Waals surface area (Å²) in [5.74, 6) is -6.32. The second kappa shape index (κ2) is 6.66. The number of Topliss-reactive ketones (excluding diaryl/α,β-unsaturated/α-hetero) is 2. The van der Waals surface area contributed by atoms with E-state index in [4.69, 9.17) is 9.47 Å². The molecule has 3 aliphatic carbocycles. The maximum absolute atomic E-state index is 15.3. The Kier molecular flexibility index (Phi) is 4.32. The molecule has 0 aromatic rings. The van der Waals surface area contributed by atoms with Crippen LogP contribution in [0.3, 0.4) is 0 Å². The first-order valence-electron chi connectivity index (χ1n) is 13.9. The standard InChI is InChI=1S/C29H35NO8/c1-14-8-17-16(18(31)9-14)10-19(32)21-24(3)13-20(33)37-29(22(34)26(17,21)5)25(24,4)6-7-27-11-15(2)12-28(36,38-27)23(35)30(27)29/h9,15-17,21,36H,6-8,10-13H2,1-5H3/t15-,16+,17-,21-,24+,25+,26+,27?,28-,29-/m1/s1. The molecule has 38 heavy (non-hydrogen) atoms. The molecule has 2 saturated carbocycles. The average Bonchev–Trinajstić information content (AvgIpc) is 2.96. The topological polar surface area (TPSA) is 127 Å². The van der Waals surface area contributed by atoms with Crippen LogP contribution in [-0.4, -0.2) is 56.5 Å². The van der Waals surface area contributed by atoms with Gasteiger partial charge in [0.05, 0.1) is 6.42 Å². The van der Waals surface area contributed by atoms with Gasteiger partial charge in [0.1, 0.15) is 5.78 Å². The first kappa shape index (κ1) is 24.6. The van der Waals surface area contributed by atoms with Gasteiger partial charge in [0.2, 0.25) is 11.6 Å². The number of hydrogen-bond donors (Lipinski definition) is 1. The number of carbonyl (C=O) groups excluding carboxylic acids is 5. The first-order valence-corrected chi connectivity index (χ1v) is 13.9. The number of fused-ring (bicyclic) bond motifs is 5. The van der Waals surface area contributed by atoms with E-state index in [0.29, 0.717) is 25.7 Å². The Morgan fingerprint density at radius 2 is 1.74 bits per heavy atom. The normalized spacial score (nSPS) is 54.9. The number of ketones is 3. The van der Waals surface area contributed by atoms with Crippen LogP contribution in [0.25, 0.3) is 0 Å². The molecule has 7 aliphatic rings. The minimum absolute atomic E-state index is 0.0431. The zero-order valence-corrected chi connectivity index (χ0v) is 22.6. The van der Waals surface area contributed by atoms with Crippen molar-refractivity contribution in [1.29, 1.82) is 0 Å². The van der Waals surface area contributed by atoms with Crippen molar-refractivity contribution in [2.75, 3.05) is 0 Å². The molecule has 0 radical (unpaired) electrons. The number of piperidine rings is 1. The van der Waals surface area contributed by atoms with Crippen molar-refractivity contribution in [2.24, 2.45) is 39.9 Å². The lowest BCUT2D eigenvalue weighted by Crippen LogP contribution is -2.87. The van der Waals surface area contributed by atoms with Crippen molar-refractivity contribution >= 4 is 29.2 Å². The summed E-state index contributed by atoms with van der Waals surface area (Å²) in [6.07, 6.45) is 3.22. The van der Waals surface area contributed by atoms with E-state index in [0.717, 1.165) is 5.57 Å². The third-order valence-electron chi connectivity index (χ3n) is 12.0. The van der Waals surface area contributed by atoms with E-state index in [9.17, 15) is 24.3 Å². The lowest BCUT2D eigenvalue weighted by Gasteiger charge is -2.74. The van der Waals surface area contributed by atoms with Crippen molar-refractivity contribution in [3.63, 3.8) is 0 Å². The lowest BCUT2D eigenvalue weighted by atomic mass is 9.33. The molecule has 7 rings (SSSR count). The predicted molar refractivity (Wildman–Crippen MR) is 129 cm³/mol. The highest BCUT2D eigenvalue weighted by atomic mass is 16.7. The summed E-state index contributed by atoms with van der Waals surface area (Å²) in [6.45, 7) is 9.30. The third-order valence-corrected chi connectivity index (χ3v) is 12.0. The summed E-state index contributed by atoms with van der Waals surface area (Å²) in [6, 6.07) is 0. The van der Waals surface area contributed by atoms with Crippen LogP contribution in [0, 0.1) is 39.9 Å². The number of esters is 1.